The highest BCUT2D eigenvalue weighted by atomic mass is 16.5. The van der Waals surface area contributed by atoms with Crippen LogP contribution in [0.3, 0.4) is 0 Å². The van der Waals surface area contributed by atoms with Gasteiger partial charge in [0.1, 0.15) is 0 Å². The maximum Gasteiger partial charge on any atom is 0.0801 e. The third-order valence-electron chi connectivity index (χ3n) is 2.25. The standard InChI is InChI=1S/C12H19NO/c1-8(2)14-10(4)11-6-5-9(3)12(13)7-11/h5-8,10H,13H2,1-4H3/t10-/m0/s1. The van der Waals surface area contributed by atoms with E-state index in [4.69, 9.17) is 10.5 Å². The van der Waals surface area contributed by atoms with Crippen LogP contribution in [0.4, 0.5) is 5.69 Å². The molecule has 1 atom stereocenters. The minimum Gasteiger partial charge on any atom is -0.399 e. The molecule has 0 radical (unpaired) electrons. The predicted octanol–water partition coefficient (Wildman–Crippen LogP) is 3.06. The Bertz CT molecular complexity index is 307. The quantitative estimate of drug-likeness (QED) is 0.749. The maximum atomic E-state index is 5.83. The number of nitrogen functional groups attached to an aromatic ring is 1. The van der Waals surface area contributed by atoms with E-state index in [9.17, 15) is 0 Å². The highest BCUT2D eigenvalue weighted by molar-refractivity contribution is 5.48. The molecule has 2 nitrogen and oxygen atoms in total. The van der Waals surface area contributed by atoms with Gasteiger partial charge < -0.3 is 10.5 Å². The van der Waals surface area contributed by atoms with Crippen molar-refractivity contribution in [3.05, 3.63) is 29.3 Å². The third-order valence-corrected chi connectivity index (χ3v) is 2.25. The molecule has 0 saturated heterocycles. The van der Waals surface area contributed by atoms with Crippen LogP contribution < -0.4 is 5.73 Å². The van der Waals surface area contributed by atoms with Crippen LogP contribution in [0.15, 0.2) is 18.2 Å². The molecule has 0 unspecified atom stereocenters. The molecule has 2 heteroatoms. The van der Waals surface area contributed by atoms with Crippen molar-refractivity contribution in [1.29, 1.82) is 0 Å². The van der Waals surface area contributed by atoms with Crippen molar-refractivity contribution < 1.29 is 4.74 Å². The number of benzene rings is 1. The molecule has 0 heterocycles. The first-order valence-electron chi connectivity index (χ1n) is 5.02. The Labute approximate surface area is 86.1 Å². The topological polar surface area (TPSA) is 35.2 Å². The van der Waals surface area contributed by atoms with Gasteiger partial charge in [0.15, 0.2) is 0 Å². The van der Waals surface area contributed by atoms with Gasteiger partial charge in [0.05, 0.1) is 12.2 Å². The number of rotatable bonds is 3. The van der Waals surface area contributed by atoms with Gasteiger partial charge in [-0.3, -0.25) is 0 Å². The van der Waals surface area contributed by atoms with Gasteiger partial charge in [-0.05, 0) is 44.9 Å². The van der Waals surface area contributed by atoms with E-state index in [1.165, 1.54) is 0 Å². The lowest BCUT2D eigenvalue weighted by molar-refractivity contribution is 0.0179. The van der Waals surface area contributed by atoms with Crippen LogP contribution in [0.5, 0.6) is 0 Å². The van der Waals surface area contributed by atoms with Gasteiger partial charge in [0.25, 0.3) is 0 Å². The predicted molar refractivity (Wildman–Crippen MR) is 60.2 cm³/mol. The zero-order valence-electron chi connectivity index (χ0n) is 9.37. The number of anilines is 1. The molecule has 0 bridgehead atoms. The summed E-state index contributed by atoms with van der Waals surface area (Å²) in [5.41, 5.74) is 8.93. The van der Waals surface area contributed by atoms with Crippen molar-refractivity contribution in [2.75, 3.05) is 5.73 Å². The largest absolute Gasteiger partial charge is 0.399 e. The minimum absolute atomic E-state index is 0.109. The monoisotopic (exact) mass is 193 g/mol. The van der Waals surface area contributed by atoms with Gasteiger partial charge >= 0.3 is 0 Å². The van der Waals surface area contributed by atoms with E-state index >= 15 is 0 Å². The van der Waals surface area contributed by atoms with E-state index < -0.39 is 0 Å². The van der Waals surface area contributed by atoms with Crippen LogP contribution in [0.2, 0.25) is 0 Å². The number of ether oxygens (including phenoxy) is 1. The number of nitrogens with two attached hydrogens (primary N) is 1. The van der Waals surface area contributed by atoms with Crippen LogP contribution in [-0.4, -0.2) is 6.10 Å². The molecule has 2 N–H and O–H groups in total. The van der Waals surface area contributed by atoms with Crippen molar-refractivity contribution >= 4 is 5.69 Å². The molecule has 1 aromatic carbocycles. The molecule has 0 fully saturated rings. The first-order valence-corrected chi connectivity index (χ1v) is 5.02. The molecule has 14 heavy (non-hydrogen) atoms. The minimum atomic E-state index is 0.109. The molecule has 0 saturated carbocycles. The Morgan fingerprint density at radius 2 is 1.86 bits per heavy atom. The average molecular weight is 193 g/mol. The lowest BCUT2D eigenvalue weighted by Crippen LogP contribution is -2.07. The van der Waals surface area contributed by atoms with Crippen LogP contribution >= 0.6 is 0 Å². The number of hydrogen-bond donors (Lipinski definition) is 1. The first-order chi connectivity index (χ1) is 6.50. The molecular weight excluding hydrogens is 174 g/mol. The third kappa shape index (κ3) is 2.74. The average Bonchev–Trinajstić information content (AvgIpc) is 2.08. The summed E-state index contributed by atoms with van der Waals surface area (Å²) in [7, 11) is 0. The maximum absolute atomic E-state index is 5.83. The van der Waals surface area contributed by atoms with Crippen molar-refractivity contribution in [2.24, 2.45) is 0 Å². The van der Waals surface area contributed by atoms with Crippen LogP contribution in [-0.2, 0) is 4.74 Å². The zero-order valence-corrected chi connectivity index (χ0v) is 9.37. The summed E-state index contributed by atoms with van der Waals surface area (Å²) in [4.78, 5) is 0. The molecule has 0 aromatic heterocycles. The van der Waals surface area contributed by atoms with Crippen LogP contribution in [0, 0.1) is 6.92 Å². The van der Waals surface area contributed by atoms with E-state index in [0.717, 1.165) is 16.8 Å². The molecule has 1 aromatic rings. The Morgan fingerprint density at radius 3 is 2.36 bits per heavy atom. The second-order valence-electron chi connectivity index (χ2n) is 3.94. The van der Waals surface area contributed by atoms with Gasteiger partial charge in [0, 0.05) is 5.69 Å². The van der Waals surface area contributed by atoms with Gasteiger partial charge in [-0.25, -0.2) is 0 Å². The molecule has 0 aliphatic rings. The molecule has 78 valence electrons. The Hall–Kier alpha value is -1.02. The number of hydrogen-bond acceptors (Lipinski definition) is 2. The fraction of sp³-hybridized carbons (Fsp3) is 0.500. The van der Waals surface area contributed by atoms with E-state index in [1.54, 1.807) is 0 Å². The van der Waals surface area contributed by atoms with E-state index in [2.05, 4.69) is 6.07 Å². The van der Waals surface area contributed by atoms with Gasteiger partial charge in [-0.2, -0.15) is 0 Å². The zero-order chi connectivity index (χ0) is 10.7. The highest BCUT2D eigenvalue weighted by Gasteiger charge is 2.08. The van der Waals surface area contributed by atoms with E-state index in [1.807, 2.05) is 39.8 Å². The second-order valence-corrected chi connectivity index (χ2v) is 3.94. The number of aryl methyl sites for hydroxylation is 1. The smallest absolute Gasteiger partial charge is 0.0801 e. The van der Waals surface area contributed by atoms with Gasteiger partial charge in [-0.15, -0.1) is 0 Å². The summed E-state index contributed by atoms with van der Waals surface area (Å²) in [5.74, 6) is 0. The van der Waals surface area contributed by atoms with Gasteiger partial charge in [0.2, 0.25) is 0 Å². The SMILES string of the molecule is Cc1ccc([C@H](C)OC(C)C)cc1N. The Morgan fingerprint density at radius 1 is 1.21 bits per heavy atom. The molecule has 0 aliphatic heterocycles. The van der Waals surface area contributed by atoms with Crippen molar-refractivity contribution in [1.82, 2.24) is 0 Å². The molecule has 0 amide bonds. The Balaban J connectivity index is 2.80. The molecular formula is C12H19NO. The van der Waals surface area contributed by atoms with E-state index in [0.29, 0.717) is 0 Å². The van der Waals surface area contributed by atoms with Crippen molar-refractivity contribution in [3.63, 3.8) is 0 Å². The highest BCUT2D eigenvalue weighted by Crippen LogP contribution is 2.22. The summed E-state index contributed by atoms with van der Waals surface area (Å²) in [6.07, 6.45) is 0.352. The van der Waals surface area contributed by atoms with Crippen molar-refractivity contribution in [2.45, 2.75) is 39.9 Å². The summed E-state index contributed by atoms with van der Waals surface area (Å²) < 4.78 is 5.68. The lowest BCUT2D eigenvalue weighted by Gasteiger charge is -2.17. The molecule has 0 aliphatic carbocycles. The summed E-state index contributed by atoms with van der Waals surface area (Å²) in [6.45, 7) is 8.12. The first kappa shape index (κ1) is 11.1. The Kier molecular flexibility index (Phi) is 3.53. The van der Waals surface area contributed by atoms with Crippen LogP contribution in [0.25, 0.3) is 0 Å². The lowest BCUT2D eigenvalue weighted by atomic mass is 10.1. The fourth-order valence-corrected chi connectivity index (χ4v) is 1.40. The summed E-state index contributed by atoms with van der Waals surface area (Å²) in [5, 5.41) is 0. The normalized spacial score (nSPS) is 13.2. The fourth-order valence-electron chi connectivity index (χ4n) is 1.40. The van der Waals surface area contributed by atoms with E-state index in [-0.39, 0.29) is 12.2 Å². The van der Waals surface area contributed by atoms with Crippen molar-refractivity contribution in [3.8, 4) is 0 Å². The molecule has 0 spiro atoms. The second kappa shape index (κ2) is 4.47. The van der Waals surface area contributed by atoms with Gasteiger partial charge in [-0.1, -0.05) is 12.1 Å². The molecule has 1 rings (SSSR count). The summed E-state index contributed by atoms with van der Waals surface area (Å²) in [6, 6.07) is 6.09. The summed E-state index contributed by atoms with van der Waals surface area (Å²) >= 11 is 0. The van der Waals surface area contributed by atoms with Crippen LogP contribution in [0.1, 0.15) is 38.0 Å².